The van der Waals surface area contributed by atoms with Gasteiger partial charge in [0.25, 0.3) is 0 Å². The maximum atomic E-state index is 4.91. The van der Waals surface area contributed by atoms with Gasteiger partial charge in [-0.25, -0.2) is 9.98 Å². The molecule has 0 aliphatic carbocycles. The number of rotatable bonds is 6. The molecule has 1 N–H and O–H groups in total. The van der Waals surface area contributed by atoms with Gasteiger partial charge in [0.15, 0.2) is 5.96 Å². The molecule has 0 radical (unpaired) electrons. The summed E-state index contributed by atoms with van der Waals surface area (Å²) >= 11 is 0. The van der Waals surface area contributed by atoms with Gasteiger partial charge in [0.05, 0.1) is 13.1 Å². The van der Waals surface area contributed by atoms with E-state index in [0.29, 0.717) is 6.54 Å². The van der Waals surface area contributed by atoms with Crippen molar-refractivity contribution in [2.24, 2.45) is 12.0 Å². The van der Waals surface area contributed by atoms with Crippen LogP contribution in [0.25, 0.3) is 0 Å². The second kappa shape index (κ2) is 11.4. The Labute approximate surface area is 191 Å². The predicted molar refractivity (Wildman–Crippen MR) is 131 cm³/mol. The maximum Gasteiger partial charge on any atom is 0.194 e. The highest BCUT2D eigenvalue weighted by molar-refractivity contribution is 14.0. The van der Waals surface area contributed by atoms with Crippen molar-refractivity contribution in [2.75, 3.05) is 51.7 Å². The largest absolute Gasteiger partial charge is 0.357 e. The molecular formula is C21H34IN7. The average Bonchev–Trinajstić information content (AvgIpc) is 3.10. The Bertz CT molecular complexity index is 781. The third-order valence-electron chi connectivity index (χ3n) is 5.22. The summed E-state index contributed by atoms with van der Waals surface area (Å²) in [6, 6.07) is 8.37. The monoisotopic (exact) mass is 511 g/mol. The molecule has 1 aliphatic heterocycles. The van der Waals surface area contributed by atoms with Crippen molar-refractivity contribution in [2.45, 2.75) is 20.0 Å². The fourth-order valence-corrected chi connectivity index (χ4v) is 3.47. The molecule has 1 fully saturated rings. The molecule has 0 saturated carbocycles. The van der Waals surface area contributed by atoms with Crippen molar-refractivity contribution >= 4 is 35.8 Å². The lowest BCUT2D eigenvalue weighted by Crippen LogP contribution is -2.45. The molecule has 0 unspecified atom stereocenters. The number of piperazine rings is 1. The van der Waals surface area contributed by atoms with Crippen molar-refractivity contribution in [1.29, 1.82) is 0 Å². The van der Waals surface area contributed by atoms with Gasteiger partial charge in [0.2, 0.25) is 0 Å². The summed E-state index contributed by atoms with van der Waals surface area (Å²) < 4.78 is 2.15. The average molecular weight is 511 g/mol. The molecule has 160 valence electrons. The summed E-state index contributed by atoms with van der Waals surface area (Å²) in [6.07, 6.45) is 3.96. The van der Waals surface area contributed by atoms with Gasteiger partial charge in [0, 0.05) is 70.5 Å². The number of hydrogen-bond acceptors (Lipinski definition) is 4. The summed E-state index contributed by atoms with van der Waals surface area (Å²) in [5, 5.41) is 3.42. The van der Waals surface area contributed by atoms with Crippen molar-refractivity contribution in [1.82, 2.24) is 24.7 Å². The summed E-state index contributed by atoms with van der Waals surface area (Å²) in [5.74, 6) is 1.98. The van der Waals surface area contributed by atoms with Gasteiger partial charge in [-0.1, -0.05) is 6.07 Å². The zero-order valence-corrected chi connectivity index (χ0v) is 20.3. The predicted octanol–water partition coefficient (Wildman–Crippen LogP) is 2.39. The van der Waals surface area contributed by atoms with E-state index in [1.54, 1.807) is 0 Å². The number of guanidine groups is 1. The van der Waals surface area contributed by atoms with Crippen LogP contribution in [0.3, 0.4) is 0 Å². The molecular weight excluding hydrogens is 477 g/mol. The van der Waals surface area contributed by atoms with Gasteiger partial charge in [-0.3, -0.25) is 0 Å². The van der Waals surface area contributed by atoms with Gasteiger partial charge >= 0.3 is 0 Å². The number of pyridine rings is 1. The van der Waals surface area contributed by atoms with E-state index in [2.05, 4.69) is 82.0 Å². The number of aryl methyl sites for hydroxylation is 1. The van der Waals surface area contributed by atoms with E-state index in [9.17, 15) is 0 Å². The molecule has 2 aromatic rings. The summed E-state index contributed by atoms with van der Waals surface area (Å²) in [7, 11) is 6.33. The molecule has 0 atom stereocenters. The summed E-state index contributed by atoms with van der Waals surface area (Å²) in [5.41, 5.74) is 2.43. The SMILES string of the molecule is CCNC(=NCc1cccnc1N1CCN(C)CC1)N(C)Cc1cccn1C.I. The minimum Gasteiger partial charge on any atom is -0.357 e. The maximum absolute atomic E-state index is 4.91. The summed E-state index contributed by atoms with van der Waals surface area (Å²) in [6.45, 7) is 8.54. The fraction of sp³-hybridized carbons (Fsp3) is 0.524. The van der Waals surface area contributed by atoms with Crippen LogP contribution in [0.5, 0.6) is 0 Å². The fourth-order valence-electron chi connectivity index (χ4n) is 3.47. The van der Waals surface area contributed by atoms with Crippen LogP contribution >= 0.6 is 24.0 Å². The number of likely N-dealkylation sites (N-methyl/N-ethyl adjacent to an activating group) is 1. The Balaban J connectivity index is 0.00000300. The van der Waals surface area contributed by atoms with Gasteiger partial charge in [-0.05, 0) is 32.2 Å². The van der Waals surface area contributed by atoms with Crippen LogP contribution in [-0.4, -0.2) is 72.1 Å². The third kappa shape index (κ3) is 6.33. The Morgan fingerprint density at radius 2 is 1.93 bits per heavy atom. The van der Waals surface area contributed by atoms with E-state index in [0.717, 1.165) is 51.0 Å². The zero-order valence-electron chi connectivity index (χ0n) is 18.0. The first-order chi connectivity index (χ1) is 13.6. The van der Waals surface area contributed by atoms with Crippen LogP contribution in [-0.2, 0) is 20.1 Å². The lowest BCUT2D eigenvalue weighted by atomic mass is 10.2. The zero-order chi connectivity index (χ0) is 19.9. The minimum atomic E-state index is 0. The van der Waals surface area contributed by atoms with Crippen LogP contribution in [0.1, 0.15) is 18.2 Å². The molecule has 0 bridgehead atoms. The molecule has 2 aromatic heterocycles. The van der Waals surface area contributed by atoms with Gasteiger partial charge in [-0.2, -0.15) is 0 Å². The first kappa shape index (κ1) is 23.5. The molecule has 8 heteroatoms. The third-order valence-corrected chi connectivity index (χ3v) is 5.22. The topological polar surface area (TPSA) is 51.9 Å². The van der Waals surface area contributed by atoms with Crippen molar-refractivity contribution < 1.29 is 0 Å². The second-order valence-electron chi connectivity index (χ2n) is 7.41. The first-order valence-electron chi connectivity index (χ1n) is 10.1. The van der Waals surface area contributed by atoms with E-state index in [4.69, 9.17) is 4.99 Å². The highest BCUT2D eigenvalue weighted by Crippen LogP contribution is 2.19. The second-order valence-corrected chi connectivity index (χ2v) is 7.41. The quantitative estimate of drug-likeness (QED) is 0.367. The smallest absolute Gasteiger partial charge is 0.194 e. The molecule has 7 nitrogen and oxygen atoms in total. The van der Waals surface area contributed by atoms with Gasteiger partial charge in [0.1, 0.15) is 5.82 Å². The van der Waals surface area contributed by atoms with Crippen LogP contribution in [0.15, 0.2) is 41.7 Å². The number of anilines is 1. The molecule has 1 saturated heterocycles. The Morgan fingerprint density at radius 3 is 2.59 bits per heavy atom. The molecule has 1 aliphatic rings. The van der Waals surface area contributed by atoms with Gasteiger partial charge < -0.3 is 24.6 Å². The number of nitrogens with one attached hydrogen (secondary N) is 1. The first-order valence-corrected chi connectivity index (χ1v) is 10.1. The molecule has 0 aromatic carbocycles. The Hall–Kier alpha value is -1.81. The number of aromatic nitrogens is 2. The Morgan fingerprint density at radius 1 is 1.17 bits per heavy atom. The number of nitrogens with zero attached hydrogens (tertiary/aromatic N) is 6. The van der Waals surface area contributed by atoms with Crippen LogP contribution in [0.4, 0.5) is 5.82 Å². The molecule has 29 heavy (non-hydrogen) atoms. The van der Waals surface area contributed by atoms with Crippen molar-refractivity contribution in [3.8, 4) is 0 Å². The number of halogens is 1. The molecule has 3 rings (SSSR count). The molecule has 3 heterocycles. The lowest BCUT2D eigenvalue weighted by Gasteiger charge is -2.34. The highest BCUT2D eigenvalue weighted by atomic mass is 127. The molecule has 0 amide bonds. The van der Waals surface area contributed by atoms with E-state index in [1.165, 1.54) is 11.3 Å². The lowest BCUT2D eigenvalue weighted by molar-refractivity contribution is 0.312. The van der Waals surface area contributed by atoms with E-state index in [-0.39, 0.29) is 24.0 Å². The normalized spacial score (nSPS) is 15.2. The standard InChI is InChI=1S/C21H33N7.HI/c1-5-22-21(27(4)17-19-9-7-11-26(19)3)24-16-18-8-6-10-23-20(18)28-14-12-25(2)13-15-28;/h6-11H,5,12-17H2,1-4H3,(H,22,24);1H. The Kier molecular flexibility index (Phi) is 9.22. The minimum absolute atomic E-state index is 0. The van der Waals surface area contributed by atoms with Crippen LogP contribution in [0, 0.1) is 0 Å². The van der Waals surface area contributed by atoms with Crippen LogP contribution in [0.2, 0.25) is 0 Å². The van der Waals surface area contributed by atoms with Crippen molar-refractivity contribution in [3.05, 3.63) is 47.9 Å². The highest BCUT2D eigenvalue weighted by Gasteiger charge is 2.18. The van der Waals surface area contributed by atoms with E-state index in [1.807, 2.05) is 12.3 Å². The van der Waals surface area contributed by atoms with Crippen molar-refractivity contribution in [3.63, 3.8) is 0 Å². The summed E-state index contributed by atoms with van der Waals surface area (Å²) in [4.78, 5) is 16.5. The van der Waals surface area contributed by atoms with E-state index < -0.39 is 0 Å². The van der Waals surface area contributed by atoms with E-state index >= 15 is 0 Å². The molecule has 0 spiro atoms. The number of aliphatic imine (C=N–C) groups is 1. The van der Waals surface area contributed by atoms with Crippen LogP contribution < -0.4 is 10.2 Å². The van der Waals surface area contributed by atoms with Gasteiger partial charge in [-0.15, -0.1) is 24.0 Å². The number of hydrogen-bond donors (Lipinski definition) is 1.